The van der Waals surface area contributed by atoms with Crippen molar-refractivity contribution in [3.8, 4) is 5.75 Å². The zero-order valence-electron chi connectivity index (χ0n) is 14.7. The van der Waals surface area contributed by atoms with Crippen molar-refractivity contribution in [1.29, 1.82) is 0 Å². The highest BCUT2D eigenvalue weighted by Gasteiger charge is 2.03. The van der Waals surface area contributed by atoms with E-state index in [0.29, 0.717) is 19.0 Å². The lowest BCUT2D eigenvalue weighted by Gasteiger charge is -2.16. The molecule has 0 radical (unpaired) electrons. The van der Waals surface area contributed by atoms with Crippen LogP contribution in [0.5, 0.6) is 5.75 Å². The van der Waals surface area contributed by atoms with Gasteiger partial charge in [-0.05, 0) is 51.0 Å². The second-order valence-electron chi connectivity index (χ2n) is 5.27. The fourth-order valence-corrected chi connectivity index (χ4v) is 1.97. The molecule has 1 aromatic rings. The fourth-order valence-electron chi connectivity index (χ4n) is 1.97. The molecule has 0 fully saturated rings. The van der Waals surface area contributed by atoms with Crippen LogP contribution in [0, 0.1) is 5.82 Å². The summed E-state index contributed by atoms with van der Waals surface area (Å²) in [6.45, 7) is 6.86. The van der Waals surface area contributed by atoms with Crippen LogP contribution < -0.4 is 15.4 Å². The van der Waals surface area contributed by atoms with Crippen molar-refractivity contribution in [1.82, 2.24) is 10.6 Å². The Bertz CT molecular complexity index is 458. The zero-order valence-corrected chi connectivity index (χ0v) is 17.0. The molecule has 0 saturated carbocycles. The highest BCUT2D eigenvalue weighted by atomic mass is 127. The van der Waals surface area contributed by atoms with Crippen LogP contribution in [0.1, 0.15) is 26.7 Å². The first-order valence-electron chi connectivity index (χ1n) is 8.07. The Labute approximate surface area is 161 Å². The minimum atomic E-state index is -0.252. The number of benzene rings is 1. The lowest BCUT2D eigenvalue weighted by atomic mass is 10.3. The molecule has 0 aliphatic carbocycles. The van der Waals surface area contributed by atoms with Crippen LogP contribution in [-0.2, 0) is 4.74 Å². The van der Waals surface area contributed by atoms with Crippen LogP contribution >= 0.6 is 24.0 Å². The normalized spacial score (nSPS) is 12.2. The van der Waals surface area contributed by atoms with E-state index in [4.69, 9.17) is 9.47 Å². The van der Waals surface area contributed by atoms with Crippen LogP contribution in [0.25, 0.3) is 0 Å². The van der Waals surface area contributed by atoms with Gasteiger partial charge in [0.05, 0.1) is 13.2 Å². The minimum Gasteiger partial charge on any atom is -0.494 e. The average molecular weight is 453 g/mol. The smallest absolute Gasteiger partial charge is 0.191 e. The molecule has 24 heavy (non-hydrogen) atoms. The maximum Gasteiger partial charge on any atom is 0.191 e. The van der Waals surface area contributed by atoms with Gasteiger partial charge in [-0.25, -0.2) is 4.39 Å². The number of halogens is 2. The van der Waals surface area contributed by atoms with Gasteiger partial charge in [-0.2, -0.15) is 0 Å². The second kappa shape index (κ2) is 14.3. The number of guanidine groups is 1. The maximum atomic E-state index is 12.8. The molecule has 0 aliphatic rings. The molecular formula is C17H29FIN3O2. The lowest BCUT2D eigenvalue weighted by Crippen LogP contribution is -2.44. The highest BCUT2D eigenvalue weighted by molar-refractivity contribution is 14.0. The van der Waals surface area contributed by atoms with Crippen molar-refractivity contribution in [2.75, 3.05) is 33.4 Å². The number of unbranched alkanes of at least 4 members (excludes halogenated alkanes) is 1. The molecule has 2 N–H and O–H groups in total. The summed E-state index contributed by atoms with van der Waals surface area (Å²) >= 11 is 0. The Morgan fingerprint density at radius 2 is 1.96 bits per heavy atom. The largest absolute Gasteiger partial charge is 0.494 e. The first-order chi connectivity index (χ1) is 11.2. The van der Waals surface area contributed by atoms with E-state index < -0.39 is 0 Å². The Morgan fingerprint density at radius 1 is 1.25 bits per heavy atom. The Morgan fingerprint density at radius 3 is 2.58 bits per heavy atom. The van der Waals surface area contributed by atoms with E-state index in [-0.39, 0.29) is 35.8 Å². The van der Waals surface area contributed by atoms with Crippen molar-refractivity contribution < 1.29 is 13.9 Å². The third kappa shape index (κ3) is 10.6. The summed E-state index contributed by atoms with van der Waals surface area (Å²) in [5.74, 6) is 1.24. The third-order valence-electron chi connectivity index (χ3n) is 3.05. The molecule has 0 aromatic heterocycles. The molecule has 0 saturated heterocycles. The first-order valence-corrected chi connectivity index (χ1v) is 8.07. The van der Waals surface area contributed by atoms with Crippen molar-refractivity contribution in [2.24, 2.45) is 4.99 Å². The van der Waals surface area contributed by atoms with E-state index in [0.717, 1.165) is 31.9 Å². The maximum absolute atomic E-state index is 12.8. The van der Waals surface area contributed by atoms with Gasteiger partial charge >= 0.3 is 0 Å². The van der Waals surface area contributed by atoms with E-state index >= 15 is 0 Å². The number of aliphatic imine (C=N–C) groups is 1. The number of hydrogen-bond donors (Lipinski definition) is 2. The average Bonchev–Trinajstić information content (AvgIpc) is 2.52. The van der Waals surface area contributed by atoms with E-state index in [1.54, 1.807) is 19.2 Å². The zero-order chi connectivity index (χ0) is 16.9. The van der Waals surface area contributed by atoms with Crippen molar-refractivity contribution >= 4 is 29.9 Å². The quantitative estimate of drug-likeness (QED) is 0.247. The summed E-state index contributed by atoms with van der Waals surface area (Å²) in [7, 11) is 1.68. The molecule has 138 valence electrons. The summed E-state index contributed by atoms with van der Waals surface area (Å²) in [5.41, 5.74) is 0. The highest BCUT2D eigenvalue weighted by Crippen LogP contribution is 2.11. The topological polar surface area (TPSA) is 54.9 Å². The SMILES string of the molecule is CCNC(=NCCCCOc1ccc(F)cc1)NC(C)COC.I. The number of nitrogens with one attached hydrogen (secondary N) is 2. The molecule has 0 spiro atoms. The second-order valence-corrected chi connectivity index (χ2v) is 5.27. The van der Waals surface area contributed by atoms with Crippen LogP contribution in [0.2, 0.25) is 0 Å². The van der Waals surface area contributed by atoms with E-state index in [9.17, 15) is 4.39 Å². The van der Waals surface area contributed by atoms with Crippen LogP contribution in [0.4, 0.5) is 4.39 Å². The van der Waals surface area contributed by atoms with Gasteiger partial charge in [0.25, 0.3) is 0 Å². The number of ether oxygens (including phenoxy) is 2. The lowest BCUT2D eigenvalue weighted by molar-refractivity contribution is 0.179. The summed E-state index contributed by atoms with van der Waals surface area (Å²) in [6, 6.07) is 6.28. The monoisotopic (exact) mass is 453 g/mol. The first kappa shape index (κ1) is 22.9. The molecule has 0 amide bonds. The molecule has 7 heteroatoms. The van der Waals surface area contributed by atoms with Crippen molar-refractivity contribution in [2.45, 2.75) is 32.7 Å². The number of nitrogens with zero attached hydrogens (tertiary/aromatic N) is 1. The molecular weight excluding hydrogens is 424 g/mol. The third-order valence-corrected chi connectivity index (χ3v) is 3.05. The van der Waals surface area contributed by atoms with E-state index in [1.165, 1.54) is 12.1 Å². The molecule has 0 aliphatic heterocycles. The molecule has 1 unspecified atom stereocenters. The molecule has 1 aromatic carbocycles. The minimum absolute atomic E-state index is 0. The van der Waals surface area contributed by atoms with Gasteiger partial charge in [-0.3, -0.25) is 4.99 Å². The summed E-state index contributed by atoms with van der Waals surface area (Å²) in [6.07, 6.45) is 1.82. The van der Waals surface area contributed by atoms with Crippen LogP contribution in [0.15, 0.2) is 29.3 Å². The van der Waals surface area contributed by atoms with Crippen LogP contribution in [-0.4, -0.2) is 45.4 Å². The standard InChI is InChI=1S/C17H28FN3O2.HI/c1-4-19-17(21-14(2)13-22-3)20-11-5-6-12-23-16-9-7-15(18)8-10-16;/h7-10,14H,4-6,11-13H2,1-3H3,(H2,19,20,21);1H. The van der Waals surface area contributed by atoms with Gasteiger partial charge in [0.15, 0.2) is 5.96 Å². The number of rotatable bonds is 10. The van der Waals surface area contributed by atoms with Gasteiger partial charge in [-0.1, -0.05) is 0 Å². The molecule has 0 heterocycles. The number of hydrogen-bond acceptors (Lipinski definition) is 3. The van der Waals surface area contributed by atoms with Gasteiger partial charge in [-0.15, -0.1) is 24.0 Å². The van der Waals surface area contributed by atoms with Crippen molar-refractivity contribution in [3.63, 3.8) is 0 Å². The van der Waals surface area contributed by atoms with E-state index in [2.05, 4.69) is 15.6 Å². The summed E-state index contributed by atoms with van der Waals surface area (Å²) < 4.78 is 23.4. The Balaban J connectivity index is 0.00000529. The Kier molecular flexibility index (Phi) is 13.6. The predicted octanol–water partition coefficient (Wildman–Crippen LogP) is 3.19. The molecule has 1 atom stereocenters. The van der Waals surface area contributed by atoms with Gasteiger partial charge < -0.3 is 20.1 Å². The summed E-state index contributed by atoms with van der Waals surface area (Å²) in [4.78, 5) is 4.53. The molecule has 5 nitrogen and oxygen atoms in total. The summed E-state index contributed by atoms with van der Waals surface area (Å²) in [5, 5.41) is 6.50. The number of methoxy groups -OCH3 is 1. The fraction of sp³-hybridized carbons (Fsp3) is 0.588. The van der Waals surface area contributed by atoms with Crippen molar-refractivity contribution in [3.05, 3.63) is 30.1 Å². The van der Waals surface area contributed by atoms with E-state index in [1.807, 2.05) is 13.8 Å². The van der Waals surface area contributed by atoms with Gasteiger partial charge in [0.2, 0.25) is 0 Å². The van der Waals surface area contributed by atoms with Crippen LogP contribution in [0.3, 0.4) is 0 Å². The Hall–Kier alpha value is -1.09. The van der Waals surface area contributed by atoms with Gasteiger partial charge in [0.1, 0.15) is 11.6 Å². The molecule has 1 rings (SSSR count). The van der Waals surface area contributed by atoms with Gasteiger partial charge in [0, 0.05) is 26.2 Å². The predicted molar refractivity (Wildman–Crippen MR) is 107 cm³/mol. The molecule has 0 bridgehead atoms.